The van der Waals surface area contributed by atoms with Crippen LogP contribution in [0.3, 0.4) is 0 Å². The molecule has 1 aromatic heterocycles. The fourth-order valence-electron chi connectivity index (χ4n) is 5.04. The smallest absolute Gasteiger partial charge is 0.254 e. The van der Waals surface area contributed by atoms with Crippen LogP contribution in [0.5, 0.6) is 0 Å². The van der Waals surface area contributed by atoms with Crippen molar-refractivity contribution in [3.63, 3.8) is 0 Å². The highest BCUT2D eigenvalue weighted by Gasteiger charge is 2.59. The Morgan fingerprint density at radius 2 is 2.10 bits per heavy atom. The zero-order valence-corrected chi connectivity index (χ0v) is 14.0. The molecule has 0 N–H and O–H groups in total. The van der Waals surface area contributed by atoms with Crippen LogP contribution in [0.1, 0.15) is 38.5 Å². The molecule has 2 atom stereocenters. The van der Waals surface area contributed by atoms with E-state index < -0.39 is 0 Å². The predicted molar refractivity (Wildman–Crippen MR) is 82.6 cm³/mol. The molecule has 0 spiro atoms. The fourth-order valence-corrected chi connectivity index (χ4v) is 7.22. The van der Waals surface area contributed by atoms with Gasteiger partial charge >= 0.3 is 0 Å². The third kappa shape index (κ3) is 1.97. The minimum Gasteiger partial charge on any atom is -0.327 e. The minimum absolute atomic E-state index is 0.133. The van der Waals surface area contributed by atoms with Crippen molar-refractivity contribution < 1.29 is 4.79 Å². The summed E-state index contributed by atoms with van der Waals surface area (Å²) in [6.07, 6.45) is 8.92. The number of aromatic nitrogens is 1. The number of thiazole rings is 1. The standard InChI is InChI=1S/C15H19BrN2OS/c1-18-2-3-20-13(18)17-12(19)14-5-10-4-11(6-14)8-15(16,7-10)9-14/h2-3,10-11H,4-9H2,1H3/t10-,11-,14?,15?/m1/s1. The highest BCUT2D eigenvalue weighted by Crippen LogP contribution is 2.64. The minimum atomic E-state index is -0.176. The largest absolute Gasteiger partial charge is 0.327 e. The van der Waals surface area contributed by atoms with Gasteiger partial charge in [-0.1, -0.05) is 15.9 Å². The van der Waals surface area contributed by atoms with Crippen molar-refractivity contribution in [2.45, 2.75) is 42.8 Å². The Labute approximate surface area is 131 Å². The molecule has 0 unspecified atom stereocenters. The molecular weight excluding hydrogens is 336 g/mol. The highest BCUT2D eigenvalue weighted by molar-refractivity contribution is 9.10. The molecule has 108 valence electrons. The van der Waals surface area contributed by atoms with Crippen LogP contribution in [0, 0.1) is 17.3 Å². The molecule has 0 saturated heterocycles. The first-order chi connectivity index (χ1) is 9.48. The van der Waals surface area contributed by atoms with Crippen LogP contribution < -0.4 is 4.80 Å². The molecule has 20 heavy (non-hydrogen) atoms. The summed E-state index contributed by atoms with van der Waals surface area (Å²) in [5.41, 5.74) is -0.176. The van der Waals surface area contributed by atoms with E-state index in [0.717, 1.165) is 35.9 Å². The first kappa shape index (κ1) is 13.3. The summed E-state index contributed by atoms with van der Waals surface area (Å²) in [4.78, 5) is 18.2. The topological polar surface area (TPSA) is 34.4 Å². The van der Waals surface area contributed by atoms with Crippen LogP contribution in [-0.2, 0) is 11.8 Å². The van der Waals surface area contributed by atoms with Crippen LogP contribution in [-0.4, -0.2) is 14.8 Å². The number of carbonyl (C=O) groups excluding carboxylic acids is 1. The molecule has 1 amide bonds. The molecule has 5 rings (SSSR count). The van der Waals surface area contributed by atoms with E-state index in [1.807, 2.05) is 23.2 Å². The lowest BCUT2D eigenvalue weighted by Crippen LogP contribution is -2.55. The van der Waals surface area contributed by atoms with Crippen LogP contribution in [0.2, 0.25) is 0 Å². The number of aryl methyl sites for hydroxylation is 1. The molecule has 4 fully saturated rings. The molecule has 1 heterocycles. The summed E-state index contributed by atoms with van der Waals surface area (Å²) < 4.78 is 2.16. The van der Waals surface area contributed by atoms with Crippen molar-refractivity contribution in [1.82, 2.24) is 4.57 Å². The maximum absolute atomic E-state index is 12.9. The van der Waals surface area contributed by atoms with Crippen LogP contribution in [0.15, 0.2) is 16.6 Å². The van der Waals surface area contributed by atoms with Crippen molar-refractivity contribution in [3.8, 4) is 0 Å². The van der Waals surface area contributed by atoms with Crippen molar-refractivity contribution in [2.24, 2.45) is 29.3 Å². The summed E-state index contributed by atoms with van der Waals surface area (Å²) in [5, 5.41) is 1.98. The summed E-state index contributed by atoms with van der Waals surface area (Å²) in [7, 11) is 1.95. The van der Waals surface area contributed by atoms with Crippen LogP contribution >= 0.6 is 27.3 Å². The predicted octanol–water partition coefficient (Wildman–Crippen LogP) is 3.25. The molecule has 4 saturated carbocycles. The molecule has 4 aliphatic carbocycles. The van der Waals surface area contributed by atoms with Gasteiger partial charge in [-0.3, -0.25) is 4.79 Å². The molecule has 1 aromatic rings. The van der Waals surface area contributed by atoms with Gasteiger partial charge in [0, 0.05) is 22.9 Å². The van der Waals surface area contributed by atoms with Gasteiger partial charge in [0.05, 0.1) is 5.41 Å². The lowest BCUT2D eigenvalue weighted by Gasteiger charge is -2.58. The summed E-state index contributed by atoms with van der Waals surface area (Å²) in [6.45, 7) is 0. The third-order valence-electron chi connectivity index (χ3n) is 5.40. The quantitative estimate of drug-likeness (QED) is 0.712. The number of nitrogens with zero attached hydrogens (tertiary/aromatic N) is 2. The molecule has 4 bridgehead atoms. The van der Waals surface area contributed by atoms with Crippen molar-refractivity contribution >= 4 is 33.2 Å². The van der Waals surface area contributed by atoms with E-state index in [1.54, 1.807) is 11.3 Å². The first-order valence-corrected chi connectivity index (χ1v) is 9.04. The molecule has 0 aliphatic heterocycles. The Morgan fingerprint density at radius 3 is 2.65 bits per heavy atom. The summed E-state index contributed by atoms with van der Waals surface area (Å²) in [6, 6.07) is 0. The zero-order valence-electron chi connectivity index (χ0n) is 11.6. The van der Waals surface area contributed by atoms with E-state index in [1.165, 1.54) is 19.3 Å². The summed E-state index contributed by atoms with van der Waals surface area (Å²) in [5.74, 6) is 1.59. The first-order valence-electron chi connectivity index (χ1n) is 7.36. The second-order valence-electron chi connectivity index (χ2n) is 7.11. The average Bonchev–Trinajstić information content (AvgIpc) is 2.71. The number of amides is 1. The van der Waals surface area contributed by atoms with Gasteiger partial charge in [0.15, 0.2) is 4.80 Å². The maximum Gasteiger partial charge on any atom is 0.254 e. The van der Waals surface area contributed by atoms with Gasteiger partial charge in [-0.2, -0.15) is 4.99 Å². The summed E-state index contributed by atoms with van der Waals surface area (Å²) >= 11 is 5.50. The second kappa shape index (κ2) is 4.29. The zero-order chi connectivity index (χ0) is 14.0. The van der Waals surface area contributed by atoms with E-state index in [0.29, 0.717) is 0 Å². The van der Waals surface area contributed by atoms with Gasteiger partial charge in [0.1, 0.15) is 0 Å². The lowest BCUT2D eigenvalue weighted by atomic mass is 9.49. The number of halogens is 1. The second-order valence-corrected chi connectivity index (χ2v) is 9.66. The SMILES string of the molecule is Cn1ccsc1=NC(=O)C12C[C@H]3C[C@@H](CC(Br)(C3)C1)C2. The fraction of sp³-hybridized carbons (Fsp3) is 0.733. The maximum atomic E-state index is 12.9. The van der Waals surface area contributed by atoms with Crippen molar-refractivity contribution in [3.05, 3.63) is 16.4 Å². The van der Waals surface area contributed by atoms with Gasteiger partial charge in [0.25, 0.3) is 5.91 Å². The van der Waals surface area contributed by atoms with Gasteiger partial charge in [-0.15, -0.1) is 11.3 Å². The van der Waals surface area contributed by atoms with Gasteiger partial charge in [-0.25, -0.2) is 0 Å². The molecular formula is C15H19BrN2OS. The Kier molecular flexibility index (Phi) is 2.84. The number of alkyl halides is 1. The normalized spacial score (nSPS) is 43.2. The van der Waals surface area contributed by atoms with E-state index in [9.17, 15) is 4.79 Å². The van der Waals surface area contributed by atoms with E-state index >= 15 is 0 Å². The number of carbonyl (C=O) groups is 1. The van der Waals surface area contributed by atoms with E-state index in [4.69, 9.17) is 0 Å². The Morgan fingerprint density at radius 1 is 1.40 bits per heavy atom. The monoisotopic (exact) mass is 354 g/mol. The van der Waals surface area contributed by atoms with Crippen LogP contribution in [0.25, 0.3) is 0 Å². The highest BCUT2D eigenvalue weighted by atomic mass is 79.9. The Balaban J connectivity index is 1.71. The molecule has 3 nitrogen and oxygen atoms in total. The van der Waals surface area contributed by atoms with Gasteiger partial charge < -0.3 is 4.57 Å². The average molecular weight is 355 g/mol. The van der Waals surface area contributed by atoms with Gasteiger partial charge in [-0.05, 0) is 50.4 Å². The van der Waals surface area contributed by atoms with E-state index in [2.05, 4.69) is 20.9 Å². The van der Waals surface area contributed by atoms with Crippen molar-refractivity contribution in [1.29, 1.82) is 0 Å². The van der Waals surface area contributed by atoms with Crippen molar-refractivity contribution in [2.75, 3.05) is 0 Å². The molecule has 5 heteroatoms. The number of hydrogen-bond donors (Lipinski definition) is 0. The Hall–Kier alpha value is -0.420. The molecule has 4 aliphatic rings. The number of rotatable bonds is 1. The van der Waals surface area contributed by atoms with E-state index in [-0.39, 0.29) is 15.6 Å². The van der Waals surface area contributed by atoms with Gasteiger partial charge in [0.2, 0.25) is 0 Å². The molecule has 0 radical (unpaired) electrons. The molecule has 0 aromatic carbocycles. The number of hydrogen-bond acceptors (Lipinski definition) is 2. The van der Waals surface area contributed by atoms with Crippen LogP contribution in [0.4, 0.5) is 0 Å². The third-order valence-corrected chi connectivity index (χ3v) is 7.18. The Bertz CT molecular complexity index is 618. The lowest BCUT2D eigenvalue weighted by molar-refractivity contribution is -0.140.